The third-order valence-electron chi connectivity index (χ3n) is 7.63. The molecule has 1 heterocycles. The third kappa shape index (κ3) is 2.87. The van der Waals surface area contributed by atoms with Crippen LogP contribution >= 0.6 is 0 Å². The first-order chi connectivity index (χ1) is 16.0. The molecule has 0 radical (unpaired) electrons. The molecule has 0 aromatic heterocycles. The molecule has 0 saturated carbocycles. The predicted octanol–water partition coefficient (Wildman–Crippen LogP) is 2.52. The summed E-state index contributed by atoms with van der Waals surface area (Å²) in [6.45, 7) is 5.13. The minimum absolute atomic E-state index is 0.134. The Kier molecular flexibility index (Phi) is 4.76. The number of carbonyl (C=O) groups is 5. The number of urea groups is 1. The monoisotopic (exact) mass is 460 g/mol. The lowest BCUT2D eigenvalue weighted by molar-refractivity contribution is -0.136. The highest BCUT2D eigenvalue weighted by Gasteiger charge is 2.57. The van der Waals surface area contributed by atoms with Gasteiger partial charge in [0.2, 0.25) is 11.8 Å². The first kappa shape index (κ1) is 22.0. The Morgan fingerprint density at radius 2 is 1.68 bits per heavy atom. The Hall–Kier alpha value is -3.81. The first-order valence-electron chi connectivity index (χ1n) is 11.2. The van der Waals surface area contributed by atoms with Crippen LogP contribution in [0.5, 0.6) is 5.75 Å². The highest BCUT2D eigenvalue weighted by Crippen LogP contribution is 2.55. The van der Waals surface area contributed by atoms with Crippen LogP contribution < -0.4 is 5.73 Å². The third-order valence-corrected chi connectivity index (χ3v) is 7.63. The Morgan fingerprint density at radius 3 is 2.29 bits per heavy atom. The number of carbonyl (C=O) groups excluding carboxylic acids is 5. The normalized spacial score (nSPS) is 28.4. The van der Waals surface area contributed by atoms with Crippen molar-refractivity contribution in [3.05, 3.63) is 63.3 Å². The zero-order valence-electron chi connectivity index (χ0n) is 19.0. The van der Waals surface area contributed by atoms with Gasteiger partial charge in [0.15, 0.2) is 11.6 Å². The number of amides is 4. The average Bonchev–Trinajstić information content (AvgIpc) is 3.04. The van der Waals surface area contributed by atoms with E-state index in [1.54, 1.807) is 32.9 Å². The van der Waals surface area contributed by atoms with E-state index in [2.05, 4.69) is 0 Å². The van der Waals surface area contributed by atoms with E-state index in [1.165, 1.54) is 6.08 Å². The lowest BCUT2D eigenvalue weighted by Crippen LogP contribution is -2.42. The topological polar surface area (TPSA) is 135 Å². The maximum atomic E-state index is 13.3. The summed E-state index contributed by atoms with van der Waals surface area (Å²) in [5.74, 6) is -4.31. The van der Waals surface area contributed by atoms with Gasteiger partial charge in [-0.05, 0) is 62.3 Å². The summed E-state index contributed by atoms with van der Waals surface area (Å²) >= 11 is 0. The molecule has 34 heavy (non-hydrogen) atoms. The van der Waals surface area contributed by atoms with Gasteiger partial charge < -0.3 is 10.8 Å². The van der Waals surface area contributed by atoms with Crippen molar-refractivity contribution in [3.63, 3.8) is 0 Å². The number of hydrogen-bond donors (Lipinski definition) is 2. The van der Waals surface area contributed by atoms with Crippen LogP contribution in [-0.2, 0) is 19.2 Å². The molecule has 3 N–H and O–H groups in total. The van der Waals surface area contributed by atoms with Gasteiger partial charge in [0, 0.05) is 22.6 Å². The lowest BCUT2D eigenvalue weighted by Gasteiger charge is -2.42. The molecular weight excluding hydrogens is 436 g/mol. The van der Waals surface area contributed by atoms with Gasteiger partial charge in [-0.3, -0.25) is 19.2 Å². The summed E-state index contributed by atoms with van der Waals surface area (Å²) in [4.78, 5) is 64.7. The fourth-order valence-corrected chi connectivity index (χ4v) is 6.11. The molecule has 1 aromatic carbocycles. The van der Waals surface area contributed by atoms with Gasteiger partial charge in [-0.25, -0.2) is 4.79 Å². The lowest BCUT2D eigenvalue weighted by atomic mass is 9.59. The maximum Gasteiger partial charge on any atom is 0.328 e. The van der Waals surface area contributed by atoms with E-state index in [-0.39, 0.29) is 30.2 Å². The maximum absolute atomic E-state index is 13.3. The van der Waals surface area contributed by atoms with Crippen LogP contribution in [0.4, 0.5) is 4.79 Å². The Balaban J connectivity index is 1.72. The van der Waals surface area contributed by atoms with E-state index in [0.717, 1.165) is 11.1 Å². The number of aromatic hydroxyl groups is 1. The van der Waals surface area contributed by atoms with Gasteiger partial charge >= 0.3 is 6.03 Å². The molecule has 1 aromatic rings. The second kappa shape index (κ2) is 7.35. The van der Waals surface area contributed by atoms with Gasteiger partial charge in [0.25, 0.3) is 0 Å². The van der Waals surface area contributed by atoms with Gasteiger partial charge in [0.05, 0.1) is 11.8 Å². The van der Waals surface area contributed by atoms with Crippen LogP contribution in [0.15, 0.2) is 46.6 Å². The van der Waals surface area contributed by atoms with Crippen LogP contribution in [0.1, 0.15) is 42.4 Å². The molecular formula is C26H24N2O6. The summed E-state index contributed by atoms with van der Waals surface area (Å²) in [5, 5.41) is 10.3. The number of phenols is 1. The van der Waals surface area contributed by atoms with Crippen molar-refractivity contribution in [2.75, 3.05) is 0 Å². The molecule has 0 spiro atoms. The highest BCUT2D eigenvalue weighted by atomic mass is 16.3. The molecule has 8 heteroatoms. The zero-order valence-corrected chi connectivity index (χ0v) is 19.0. The smallest absolute Gasteiger partial charge is 0.328 e. The van der Waals surface area contributed by atoms with Crippen LogP contribution in [0.2, 0.25) is 0 Å². The van der Waals surface area contributed by atoms with Crippen molar-refractivity contribution in [3.8, 4) is 5.75 Å². The number of benzene rings is 1. The number of imide groups is 3. The molecule has 174 valence electrons. The summed E-state index contributed by atoms with van der Waals surface area (Å²) in [6, 6.07) is 2.47. The molecule has 0 unspecified atom stereocenters. The zero-order chi connectivity index (χ0) is 24.6. The van der Waals surface area contributed by atoms with Crippen molar-refractivity contribution < 1.29 is 29.1 Å². The predicted molar refractivity (Wildman–Crippen MR) is 120 cm³/mol. The fraction of sp³-hybridized carbons (Fsp3) is 0.346. The number of ketones is 2. The van der Waals surface area contributed by atoms with Gasteiger partial charge in [-0.1, -0.05) is 23.8 Å². The summed E-state index contributed by atoms with van der Waals surface area (Å²) < 4.78 is 0. The van der Waals surface area contributed by atoms with Crippen molar-refractivity contribution >= 4 is 29.4 Å². The molecule has 0 bridgehead atoms. The molecule has 1 fully saturated rings. The molecule has 1 aliphatic heterocycles. The van der Waals surface area contributed by atoms with E-state index >= 15 is 0 Å². The van der Waals surface area contributed by atoms with Gasteiger partial charge in [-0.15, -0.1) is 0 Å². The van der Waals surface area contributed by atoms with E-state index in [9.17, 15) is 29.1 Å². The number of nitrogens with zero attached hydrogens (tertiary/aromatic N) is 1. The second-order valence-corrected chi connectivity index (χ2v) is 9.58. The molecule has 4 aliphatic rings. The largest absolute Gasteiger partial charge is 0.507 e. The second-order valence-electron chi connectivity index (χ2n) is 9.58. The number of aryl methyl sites for hydroxylation is 2. The Morgan fingerprint density at radius 1 is 1.03 bits per heavy atom. The number of rotatable bonds is 1. The molecule has 3 aliphatic carbocycles. The van der Waals surface area contributed by atoms with Gasteiger partial charge in [-0.2, -0.15) is 4.90 Å². The number of hydrogen-bond acceptors (Lipinski definition) is 6. The SMILES string of the molecule is CC1=CC(=O)C2=C(C1=O)[C@@H](c1cc(C)c(O)c(C)c1)C1=CC[C@@H]3C(=O)N(C(N)=O)C(=O)[C@@H]3[C@@H]1C2. The summed E-state index contributed by atoms with van der Waals surface area (Å²) in [5.41, 5.74) is 9.16. The van der Waals surface area contributed by atoms with Gasteiger partial charge in [0.1, 0.15) is 5.75 Å². The van der Waals surface area contributed by atoms with Crippen LogP contribution in [-0.4, -0.2) is 39.4 Å². The number of allylic oxidation sites excluding steroid dienone is 6. The number of fused-ring (bicyclic) bond motifs is 3. The van der Waals surface area contributed by atoms with E-state index in [1.807, 2.05) is 6.08 Å². The number of primary amides is 1. The molecule has 4 amide bonds. The number of nitrogens with two attached hydrogens (primary N) is 1. The number of Topliss-reactive ketones (excluding diaryl/α,β-unsaturated/α-hetero) is 1. The van der Waals surface area contributed by atoms with Crippen LogP contribution in [0, 0.1) is 31.6 Å². The standard InChI is InChI=1S/C26H24N2O6/c1-10-6-13(7-11(2)22(10)30)19-14-4-5-15-20(25(33)28(24(15)32)26(27)34)16(14)9-17-18(29)8-12(3)23(31)21(17)19/h4,6-8,15-16,19-20,30H,5,9H2,1-3H3,(H2,27,34)/t15-,16+,19-,20-/m0/s1. The van der Waals surface area contributed by atoms with Crippen molar-refractivity contribution in [1.29, 1.82) is 0 Å². The van der Waals surface area contributed by atoms with Crippen molar-refractivity contribution in [1.82, 2.24) is 4.90 Å². The summed E-state index contributed by atoms with van der Waals surface area (Å²) in [7, 11) is 0. The van der Waals surface area contributed by atoms with Crippen molar-refractivity contribution in [2.45, 2.75) is 39.5 Å². The molecule has 1 saturated heterocycles. The summed E-state index contributed by atoms with van der Waals surface area (Å²) in [6.07, 6.45) is 3.56. The van der Waals surface area contributed by atoms with E-state index in [4.69, 9.17) is 5.73 Å². The van der Waals surface area contributed by atoms with Crippen LogP contribution in [0.25, 0.3) is 0 Å². The van der Waals surface area contributed by atoms with Crippen molar-refractivity contribution in [2.24, 2.45) is 23.5 Å². The molecule has 4 atom stereocenters. The number of phenolic OH excluding ortho intramolecular Hbond substituents is 1. The van der Waals surface area contributed by atoms with E-state index in [0.29, 0.717) is 32.7 Å². The number of likely N-dealkylation sites (tertiary alicyclic amines) is 1. The first-order valence-corrected chi connectivity index (χ1v) is 11.2. The minimum Gasteiger partial charge on any atom is -0.507 e. The minimum atomic E-state index is -1.11. The highest BCUT2D eigenvalue weighted by molar-refractivity contribution is 6.24. The van der Waals surface area contributed by atoms with E-state index < -0.39 is 41.5 Å². The Labute approximate surface area is 195 Å². The molecule has 8 nitrogen and oxygen atoms in total. The molecule has 5 rings (SSSR count). The average molecular weight is 460 g/mol. The van der Waals surface area contributed by atoms with Crippen LogP contribution in [0.3, 0.4) is 0 Å². The fourth-order valence-electron chi connectivity index (χ4n) is 6.11. The quantitative estimate of drug-likeness (QED) is 0.376. The Bertz CT molecular complexity index is 1310.